The van der Waals surface area contributed by atoms with E-state index < -0.39 is 0 Å². The molecule has 0 unspecified atom stereocenters. The van der Waals surface area contributed by atoms with Crippen molar-refractivity contribution in [2.24, 2.45) is 0 Å². The third-order valence-electron chi connectivity index (χ3n) is 3.82. The molecule has 0 fully saturated rings. The fourth-order valence-corrected chi connectivity index (χ4v) is 3.16. The Morgan fingerprint density at radius 3 is 2.73 bits per heavy atom. The fraction of sp³-hybridized carbons (Fsp3) is 0.211. The second-order valence-corrected chi connectivity index (χ2v) is 6.89. The number of nitrogens with one attached hydrogen (secondary N) is 1. The molecule has 7 heteroatoms. The summed E-state index contributed by atoms with van der Waals surface area (Å²) >= 11 is 12.2. The number of nitrogens with zero attached hydrogens (tertiary/aromatic N) is 2. The summed E-state index contributed by atoms with van der Waals surface area (Å²) in [5.74, 6) is 0.271. The lowest BCUT2D eigenvalue weighted by molar-refractivity contribution is -0.118. The Morgan fingerprint density at radius 1 is 1.19 bits per heavy atom. The third kappa shape index (κ3) is 4.06. The van der Waals surface area contributed by atoms with Crippen LogP contribution in [-0.4, -0.2) is 22.5 Å². The topological polar surface area (TPSA) is 64.1 Å². The van der Waals surface area contributed by atoms with E-state index in [1.54, 1.807) is 12.1 Å². The number of amides is 1. The summed E-state index contributed by atoms with van der Waals surface area (Å²) in [6.45, 7) is 3.95. The van der Waals surface area contributed by atoms with Crippen LogP contribution in [0.4, 0.5) is 5.69 Å². The number of aromatic nitrogens is 2. The lowest BCUT2D eigenvalue weighted by atomic mass is 10.0. The van der Waals surface area contributed by atoms with Gasteiger partial charge in [0.2, 0.25) is 5.88 Å². The van der Waals surface area contributed by atoms with E-state index in [1.807, 2.05) is 24.3 Å². The van der Waals surface area contributed by atoms with Gasteiger partial charge in [-0.3, -0.25) is 4.79 Å². The highest BCUT2D eigenvalue weighted by molar-refractivity contribution is 6.38. The van der Waals surface area contributed by atoms with Crippen molar-refractivity contribution >= 4 is 45.7 Å². The molecule has 0 saturated carbocycles. The quantitative estimate of drug-likeness (QED) is 0.660. The van der Waals surface area contributed by atoms with Gasteiger partial charge in [-0.25, -0.2) is 9.97 Å². The molecular weight excluding hydrogens is 373 g/mol. The van der Waals surface area contributed by atoms with E-state index in [0.29, 0.717) is 26.9 Å². The Kier molecular flexibility index (Phi) is 5.59. The number of anilines is 1. The van der Waals surface area contributed by atoms with Crippen LogP contribution in [0.5, 0.6) is 5.88 Å². The first-order valence-electron chi connectivity index (χ1n) is 8.07. The molecule has 0 radical (unpaired) electrons. The maximum absolute atomic E-state index is 12.3. The molecule has 134 valence electrons. The van der Waals surface area contributed by atoms with Crippen LogP contribution in [0.1, 0.15) is 25.3 Å². The molecule has 1 aromatic heterocycles. The van der Waals surface area contributed by atoms with E-state index in [9.17, 15) is 4.79 Å². The molecule has 0 spiro atoms. The van der Waals surface area contributed by atoms with Gasteiger partial charge in [0.05, 0.1) is 15.9 Å². The summed E-state index contributed by atoms with van der Waals surface area (Å²) < 4.78 is 5.58. The van der Waals surface area contributed by atoms with Gasteiger partial charge in [-0.1, -0.05) is 55.2 Å². The van der Waals surface area contributed by atoms with Crippen molar-refractivity contribution in [1.82, 2.24) is 9.97 Å². The number of hydrogen-bond donors (Lipinski definition) is 1. The largest absolute Gasteiger partial charge is 0.467 e. The molecular formula is C19H17Cl2N3O2. The van der Waals surface area contributed by atoms with Crippen LogP contribution in [0, 0.1) is 0 Å². The van der Waals surface area contributed by atoms with Gasteiger partial charge >= 0.3 is 0 Å². The Morgan fingerprint density at radius 2 is 1.96 bits per heavy atom. The Balaban J connectivity index is 1.76. The molecule has 0 aliphatic rings. The first-order valence-corrected chi connectivity index (χ1v) is 8.82. The average molecular weight is 390 g/mol. The van der Waals surface area contributed by atoms with Gasteiger partial charge in [0, 0.05) is 10.7 Å². The third-order valence-corrected chi connectivity index (χ3v) is 4.32. The number of carbonyl (C=O) groups excluding carboxylic acids is 1. The van der Waals surface area contributed by atoms with E-state index in [2.05, 4.69) is 29.1 Å². The van der Waals surface area contributed by atoms with E-state index >= 15 is 0 Å². The number of rotatable bonds is 5. The van der Waals surface area contributed by atoms with E-state index in [0.717, 1.165) is 11.3 Å². The molecule has 0 saturated heterocycles. The Labute approximate surface area is 161 Å². The highest BCUT2D eigenvalue weighted by Gasteiger charge is 2.13. The predicted molar refractivity (Wildman–Crippen MR) is 104 cm³/mol. The average Bonchev–Trinajstić information content (AvgIpc) is 2.60. The Hall–Kier alpha value is -2.37. The summed E-state index contributed by atoms with van der Waals surface area (Å²) in [5, 5.41) is 4.27. The van der Waals surface area contributed by atoms with Crippen LogP contribution in [-0.2, 0) is 4.79 Å². The molecule has 0 aliphatic heterocycles. The van der Waals surface area contributed by atoms with Gasteiger partial charge < -0.3 is 10.1 Å². The van der Waals surface area contributed by atoms with Gasteiger partial charge in [0.25, 0.3) is 5.91 Å². The minimum absolute atomic E-state index is 0.192. The molecule has 3 rings (SSSR count). The number of ether oxygens (including phenoxy) is 1. The lowest BCUT2D eigenvalue weighted by Gasteiger charge is -2.14. The fourth-order valence-electron chi connectivity index (χ4n) is 2.62. The van der Waals surface area contributed by atoms with E-state index in [4.69, 9.17) is 27.9 Å². The van der Waals surface area contributed by atoms with Crippen LogP contribution in [0.25, 0.3) is 10.9 Å². The van der Waals surface area contributed by atoms with Crippen molar-refractivity contribution in [3.05, 3.63) is 58.3 Å². The van der Waals surface area contributed by atoms with Crippen LogP contribution < -0.4 is 10.1 Å². The summed E-state index contributed by atoms with van der Waals surface area (Å²) in [6.07, 6.45) is 1.34. The first kappa shape index (κ1) is 18.4. The number of hydrogen-bond acceptors (Lipinski definition) is 4. The van der Waals surface area contributed by atoms with Gasteiger partial charge in [-0.15, -0.1) is 0 Å². The zero-order valence-electron chi connectivity index (χ0n) is 14.3. The van der Waals surface area contributed by atoms with Crippen molar-refractivity contribution in [2.75, 3.05) is 11.9 Å². The zero-order valence-corrected chi connectivity index (χ0v) is 15.8. The molecule has 2 aromatic carbocycles. The summed E-state index contributed by atoms with van der Waals surface area (Å²) in [5.41, 5.74) is 2.35. The van der Waals surface area contributed by atoms with Crippen LogP contribution >= 0.6 is 23.2 Å². The molecule has 1 heterocycles. The second-order valence-electron chi connectivity index (χ2n) is 6.04. The number of halogens is 2. The second kappa shape index (κ2) is 7.89. The monoisotopic (exact) mass is 389 g/mol. The van der Waals surface area contributed by atoms with E-state index in [1.165, 1.54) is 6.33 Å². The minimum atomic E-state index is -0.280. The highest BCUT2D eigenvalue weighted by Crippen LogP contribution is 2.30. The smallest absolute Gasteiger partial charge is 0.262 e. The normalized spacial score (nSPS) is 11.0. The summed E-state index contributed by atoms with van der Waals surface area (Å²) in [4.78, 5) is 20.5. The standard InChI is InChI=1S/C19H17Cl2N3O2/c1-11(2)13-5-3-4-6-16(13)24-17(25)9-26-19-14-7-12(20)8-15(21)18(14)22-10-23-19/h3-8,10-11H,9H2,1-2H3,(H,24,25). The minimum Gasteiger partial charge on any atom is -0.467 e. The molecule has 5 nitrogen and oxygen atoms in total. The predicted octanol–water partition coefficient (Wildman–Crippen LogP) is 5.08. The van der Waals surface area contributed by atoms with Crippen molar-refractivity contribution in [3.8, 4) is 5.88 Å². The molecule has 0 atom stereocenters. The Bertz CT molecular complexity index is 961. The molecule has 1 amide bonds. The van der Waals surface area contributed by atoms with Gasteiger partial charge in [0.15, 0.2) is 6.61 Å². The maximum atomic E-state index is 12.3. The molecule has 26 heavy (non-hydrogen) atoms. The first-order chi connectivity index (χ1) is 12.5. The van der Waals surface area contributed by atoms with Crippen molar-refractivity contribution in [3.63, 3.8) is 0 Å². The summed E-state index contributed by atoms with van der Waals surface area (Å²) in [7, 11) is 0. The SMILES string of the molecule is CC(C)c1ccccc1NC(=O)COc1ncnc2c(Cl)cc(Cl)cc12. The zero-order chi connectivity index (χ0) is 18.7. The van der Waals surface area contributed by atoms with Gasteiger partial charge in [-0.05, 0) is 29.7 Å². The van der Waals surface area contributed by atoms with Gasteiger partial charge in [0.1, 0.15) is 6.33 Å². The molecule has 1 N–H and O–H groups in total. The number of para-hydroxylation sites is 1. The molecule has 3 aromatic rings. The van der Waals surface area contributed by atoms with Crippen molar-refractivity contribution in [1.29, 1.82) is 0 Å². The lowest BCUT2D eigenvalue weighted by Crippen LogP contribution is -2.21. The number of carbonyl (C=O) groups is 1. The van der Waals surface area contributed by atoms with Crippen LogP contribution in [0.3, 0.4) is 0 Å². The molecule has 0 bridgehead atoms. The van der Waals surface area contributed by atoms with Crippen molar-refractivity contribution in [2.45, 2.75) is 19.8 Å². The molecule has 0 aliphatic carbocycles. The van der Waals surface area contributed by atoms with E-state index in [-0.39, 0.29) is 18.4 Å². The maximum Gasteiger partial charge on any atom is 0.262 e. The van der Waals surface area contributed by atoms with Crippen LogP contribution in [0.2, 0.25) is 10.0 Å². The van der Waals surface area contributed by atoms with Gasteiger partial charge in [-0.2, -0.15) is 0 Å². The van der Waals surface area contributed by atoms with Crippen molar-refractivity contribution < 1.29 is 9.53 Å². The van der Waals surface area contributed by atoms with Crippen LogP contribution in [0.15, 0.2) is 42.7 Å². The number of fused-ring (bicyclic) bond motifs is 1. The summed E-state index contributed by atoms with van der Waals surface area (Å²) in [6, 6.07) is 10.9. The highest BCUT2D eigenvalue weighted by atomic mass is 35.5. The number of benzene rings is 2.